The topological polar surface area (TPSA) is 70.2 Å². The summed E-state index contributed by atoms with van der Waals surface area (Å²) in [5.41, 5.74) is 0. The molecule has 18 heavy (non-hydrogen) atoms. The lowest BCUT2D eigenvalue weighted by Gasteiger charge is -2.32. The van der Waals surface area contributed by atoms with E-state index in [0.29, 0.717) is 24.9 Å². The average molecular weight is 277 g/mol. The average Bonchev–Trinajstić information content (AvgIpc) is 2.34. The van der Waals surface area contributed by atoms with Crippen molar-refractivity contribution in [2.75, 3.05) is 19.6 Å². The lowest BCUT2D eigenvalue weighted by Crippen LogP contribution is -2.50. The maximum atomic E-state index is 11.7. The predicted molar refractivity (Wildman–Crippen MR) is 74.6 cm³/mol. The van der Waals surface area contributed by atoms with Crippen molar-refractivity contribution in [1.82, 2.24) is 14.8 Å². The summed E-state index contributed by atoms with van der Waals surface area (Å²) in [4.78, 5) is 0. The van der Waals surface area contributed by atoms with E-state index in [1.54, 1.807) is 0 Å². The van der Waals surface area contributed by atoms with Gasteiger partial charge in [-0.15, -0.1) is 0 Å². The normalized spacial score (nSPS) is 25.6. The molecule has 0 aromatic carbocycles. The second kappa shape index (κ2) is 7.43. The van der Waals surface area contributed by atoms with E-state index in [0.717, 1.165) is 13.0 Å². The molecule has 108 valence electrons. The van der Waals surface area contributed by atoms with Gasteiger partial charge < -0.3 is 5.32 Å². The fourth-order valence-electron chi connectivity index (χ4n) is 2.27. The molecule has 0 amide bonds. The summed E-state index contributed by atoms with van der Waals surface area (Å²) >= 11 is 0. The van der Waals surface area contributed by atoms with Gasteiger partial charge in [-0.25, -0.2) is 9.44 Å². The highest BCUT2D eigenvalue weighted by Gasteiger charge is 2.24. The number of hydrogen-bond donors (Lipinski definition) is 3. The minimum absolute atomic E-state index is 0.263. The van der Waals surface area contributed by atoms with Gasteiger partial charge in [-0.1, -0.05) is 27.2 Å². The minimum atomic E-state index is -3.35. The van der Waals surface area contributed by atoms with Crippen molar-refractivity contribution in [3.8, 4) is 0 Å². The van der Waals surface area contributed by atoms with E-state index in [1.807, 2.05) is 13.8 Å². The molecule has 2 unspecified atom stereocenters. The van der Waals surface area contributed by atoms with E-state index in [-0.39, 0.29) is 6.04 Å². The van der Waals surface area contributed by atoms with E-state index < -0.39 is 10.2 Å². The van der Waals surface area contributed by atoms with Gasteiger partial charge in [-0.05, 0) is 31.2 Å². The molecule has 0 aromatic heterocycles. The molecule has 2 atom stereocenters. The summed E-state index contributed by atoms with van der Waals surface area (Å²) in [5, 5.41) is 3.40. The molecule has 1 aliphatic heterocycles. The first-order valence-corrected chi connectivity index (χ1v) is 8.40. The highest BCUT2D eigenvalue weighted by atomic mass is 32.2. The summed E-state index contributed by atoms with van der Waals surface area (Å²) in [6, 6.07) is 0.263. The van der Waals surface area contributed by atoms with E-state index >= 15 is 0 Å². The Balaban J connectivity index is 2.38. The molecule has 0 aliphatic carbocycles. The zero-order valence-electron chi connectivity index (χ0n) is 11.7. The summed E-state index contributed by atoms with van der Waals surface area (Å²) in [5.74, 6) is 0.893. The van der Waals surface area contributed by atoms with Crippen molar-refractivity contribution in [1.29, 1.82) is 0 Å². The molecule has 1 rings (SSSR count). The Labute approximate surface area is 111 Å². The summed E-state index contributed by atoms with van der Waals surface area (Å²) in [6.45, 7) is 8.08. The fraction of sp³-hybridized carbons (Fsp3) is 1.00. The van der Waals surface area contributed by atoms with Crippen LogP contribution in [0.15, 0.2) is 0 Å². The monoisotopic (exact) mass is 277 g/mol. The first kappa shape index (κ1) is 15.9. The molecule has 1 heterocycles. The lowest BCUT2D eigenvalue weighted by atomic mass is 9.89. The van der Waals surface area contributed by atoms with Crippen LogP contribution < -0.4 is 14.8 Å². The third-order valence-corrected chi connectivity index (χ3v) is 4.52. The molecule has 1 fully saturated rings. The van der Waals surface area contributed by atoms with Crippen LogP contribution >= 0.6 is 0 Å². The van der Waals surface area contributed by atoms with Gasteiger partial charge in [0.05, 0.1) is 0 Å². The van der Waals surface area contributed by atoms with Gasteiger partial charge >= 0.3 is 0 Å². The maximum Gasteiger partial charge on any atom is 0.276 e. The minimum Gasteiger partial charge on any atom is -0.312 e. The van der Waals surface area contributed by atoms with Gasteiger partial charge in [0, 0.05) is 19.1 Å². The summed E-state index contributed by atoms with van der Waals surface area (Å²) in [7, 11) is -3.35. The van der Waals surface area contributed by atoms with Crippen molar-refractivity contribution < 1.29 is 8.42 Å². The lowest BCUT2D eigenvalue weighted by molar-refractivity contribution is 0.273. The molecule has 0 bridgehead atoms. The van der Waals surface area contributed by atoms with Crippen LogP contribution in [0.5, 0.6) is 0 Å². The van der Waals surface area contributed by atoms with Crippen LogP contribution in [0.1, 0.15) is 40.0 Å². The quantitative estimate of drug-likeness (QED) is 0.646. The molecule has 0 aromatic rings. The van der Waals surface area contributed by atoms with Crippen molar-refractivity contribution in [2.24, 2.45) is 11.8 Å². The SMILES string of the molecule is CCC1CCCNC1CNS(=O)(=O)NCC(C)C. The van der Waals surface area contributed by atoms with Crippen LogP contribution in [0.2, 0.25) is 0 Å². The first-order valence-electron chi connectivity index (χ1n) is 6.92. The van der Waals surface area contributed by atoms with Crippen LogP contribution in [0, 0.1) is 11.8 Å². The fourth-order valence-corrected chi connectivity index (χ4v) is 3.33. The second-order valence-electron chi connectivity index (χ2n) is 5.47. The van der Waals surface area contributed by atoms with Crippen LogP contribution in [-0.2, 0) is 10.2 Å². The molecule has 1 saturated heterocycles. The largest absolute Gasteiger partial charge is 0.312 e. The first-order chi connectivity index (χ1) is 8.44. The molecule has 5 nitrogen and oxygen atoms in total. The Hall–Kier alpha value is -0.170. The van der Waals surface area contributed by atoms with E-state index in [4.69, 9.17) is 0 Å². The van der Waals surface area contributed by atoms with Gasteiger partial charge in [0.2, 0.25) is 0 Å². The van der Waals surface area contributed by atoms with E-state index in [1.165, 1.54) is 12.8 Å². The molecule has 6 heteroatoms. The predicted octanol–water partition coefficient (Wildman–Crippen LogP) is 0.845. The maximum absolute atomic E-state index is 11.7. The van der Waals surface area contributed by atoms with Gasteiger partial charge in [-0.3, -0.25) is 0 Å². The second-order valence-corrected chi connectivity index (χ2v) is 7.05. The molecular formula is C12H27N3O2S. The highest BCUT2D eigenvalue weighted by molar-refractivity contribution is 7.87. The van der Waals surface area contributed by atoms with Crippen molar-refractivity contribution >= 4 is 10.2 Å². The molecule has 0 radical (unpaired) electrons. The van der Waals surface area contributed by atoms with Gasteiger partial charge in [0.1, 0.15) is 0 Å². The number of rotatable bonds is 7. The Bertz CT molecular complexity index is 330. The molecule has 0 spiro atoms. The smallest absolute Gasteiger partial charge is 0.276 e. The van der Waals surface area contributed by atoms with Crippen molar-refractivity contribution in [3.05, 3.63) is 0 Å². The summed E-state index contributed by atoms with van der Waals surface area (Å²) in [6.07, 6.45) is 3.47. The van der Waals surface area contributed by atoms with E-state index in [2.05, 4.69) is 21.7 Å². The van der Waals surface area contributed by atoms with Gasteiger partial charge in [0.25, 0.3) is 10.2 Å². The van der Waals surface area contributed by atoms with Gasteiger partial charge in [-0.2, -0.15) is 8.42 Å². The third-order valence-electron chi connectivity index (χ3n) is 3.43. The van der Waals surface area contributed by atoms with Gasteiger partial charge in [0.15, 0.2) is 0 Å². The number of nitrogens with one attached hydrogen (secondary N) is 3. The van der Waals surface area contributed by atoms with Crippen molar-refractivity contribution in [2.45, 2.75) is 46.1 Å². The van der Waals surface area contributed by atoms with E-state index in [9.17, 15) is 8.42 Å². The van der Waals surface area contributed by atoms with Crippen molar-refractivity contribution in [3.63, 3.8) is 0 Å². The molecule has 0 saturated carbocycles. The Morgan fingerprint density at radius 2 is 2.06 bits per heavy atom. The third kappa shape index (κ3) is 5.65. The number of hydrogen-bond acceptors (Lipinski definition) is 3. The van der Waals surface area contributed by atoms with Crippen LogP contribution in [-0.4, -0.2) is 34.1 Å². The number of piperidine rings is 1. The Morgan fingerprint density at radius 3 is 2.67 bits per heavy atom. The zero-order chi connectivity index (χ0) is 13.6. The van der Waals surface area contributed by atoms with Crippen LogP contribution in [0.3, 0.4) is 0 Å². The molecule has 3 N–H and O–H groups in total. The highest BCUT2D eigenvalue weighted by Crippen LogP contribution is 2.19. The van der Waals surface area contributed by atoms with Crippen LogP contribution in [0.25, 0.3) is 0 Å². The summed E-state index contributed by atoms with van der Waals surface area (Å²) < 4.78 is 28.7. The molecular weight excluding hydrogens is 250 g/mol. The standard InChI is InChI=1S/C12H27N3O2S/c1-4-11-6-5-7-13-12(11)9-15-18(16,17)14-8-10(2)3/h10-15H,4-9H2,1-3H3. The van der Waals surface area contributed by atoms with Crippen LogP contribution in [0.4, 0.5) is 0 Å². The zero-order valence-corrected chi connectivity index (χ0v) is 12.5. The Morgan fingerprint density at radius 1 is 1.33 bits per heavy atom. The molecule has 1 aliphatic rings. The Kier molecular flexibility index (Phi) is 6.55.